The van der Waals surface area contributed by atoms with E-state index >= 15 is 0 Å². The van der Waals surface area contributed by atoms with E-state index in [-0.39, 0.29) is 0 Å². The summed E-state index contributed by atoms with van der Waals surface area (Å²) in [5.74, 6) is 2.73. The van der Waals surface area contributed by atoms with Gasteiger partial charge in [-0.05, 0) is 42.0 Å². The van der Waals surface area contributed by atoms with Gasteiger partial charge in [0.2, 0.25) is 0 Å². The van der Waals surface area contributed by atoms with E-state index in [1.807, 2.05) is 24.3 Å². The Morgan fingerprint density at radius 3 is 2.50 bits per heavy atom. The molecule has 0 atom stereocenters. The third kappa shape index (κ3) is 2.01. The quantitative estimate of drug-likeness (QED) is 0.834. The summed E-state index contributed by atoms with van der Waals surface area (Å²) < 4.78 is 11.6. The minimum absolute atomic E-state index is 0.870. The molecule has 2 aliphatic rings. The predicted molar refractivity (Wildman–Crippen MR) is 88.4 cm³/mol. The number of methoxy groups -OCH3 is 1. The molecular formula is C19H19NO2. The van der Waals surface area contributed by atoms with Crippen LogP contribution in [0.4, 0.5) is 0 Å². The van der Waals surface area contributed by atoms with Gasteiger partial charge in [-0.2, -0.15) is 0 Å². The lowest BCUT2D eigenvalue weighted by molar-refractivity contribution is 0.378. The number of hydrogen-bond donors (Lipinski definition) is 0. The van der Waals surface area contributed by atoms with Crippen LogP contribution in [0.1, 0.15) is 18.1 Å². The molecule has 0 radical (unpaired) electrons. The molecule has 0 saturated heterocycles. The molecule has 0 spiro atoms. The van der Waals surface area contributed by atoms with Gasteiger partial charge in [0.1, 0.15) is 17.2 Å². The minimum atomic E-state index is 0.870. The van der Waals surface area contributed by atoms with Gasteiger partial charge in [0.05, 0.1) is 7.11 Å². The van der Waals surface area contributed by atoms with E-state index in [0.717, 1.165) is 42.4 Å². The fourth-order valence-electron chi connectivity index (χ4n) is 3.30. The summed E-state index contributed by atoms with van der Waals surface area (Å²) in [5, 5.41) is 0. The van der Waals surface area contributed by atoms with E-state index in [9.17, 15) is 0 Å². The van der Waals surface area contributed by atoms with Crippen LogP contribution in [0.15, 0.2) is 42.5 Å². The Balaban J connectivity index is 1.95. The van der Waals surface area contributed by atoms with Gasteiger partial charge in [-0.1, -0.05) is 25.1 Å². The highest BCUT2D eigenvalue weighted by Crippen LogP contribution is 2.46. The molecule has 4 rings (SSSR count). The Bertz CT molecular complexity index is 764. The van der Waals surface area contributed by atoms with Crippen molar-refractivity contribution in [2.45, 2.75) is 6.92 Å². The van der Waals surface area contributed by atoms with E-state index in [4.69, 9.17) is 9.47 Å². The Morgan fingerprint density at radius 2 is 1.73 bits per heavy atom. The lowest BCUT2D eigenvalue weighted by Crippen LogP contribution is -2.20. The van der Waals surface area contributed by atoms with Gasteiger partial charge >= 0.3 is 0 Å². The van der Waals surface area contributed by atoms with Crippen molar-refractivity contribution in [2.24, 2.45) is 0 Å². The molecule has 2 aromatic rings. The van der Waals surface area contributed by atoms with Crippen molar-refractivity contribution in [3.8, 4) is 17.2 Å². The molecule has 3 nitrogen and oxygen atoms in total. The van der Waals surface area contributed by atoms with Crippen LogP contribution in [0.25, 0.3) is 11.1 Å². The topological polar surface area (TPSA) is 21.7 Å². The summed E-state index contributed by atoms with van der Waals surface area (Å²) in [4.78, 5) is 2.45. The average Bonchev–Trinajstić information content (AvgIpc) is 2.95. The van der Waals surface area contributed by atoms with Gasteiger partial charge in [0, 0.05) is 24.2 Å². The fraction of sp³-hybridized carbons (Fsp3) is 0.263. The first-order valence-corrected chi connectivity index (χ1v) is 7.70. The smallest absolute Gasteiger partial charge is 0.135 e. The summed E-state index contributed by atoms with van der Waals surface area (Å²) in [6.07, 6.45) is 0. The maximum Gasteiger partial charge on any atom is 0.135 e. The van der Waals surface area contributed by atoms with Crippen LogP contribution in [0.2, 0.25) is 0 Å². The number of likely N-dealkylation sites (N-methyl/N-ethyl adjacent to an activating group) is 1. The van der Waals surface area contributed by atoms with Gasteiger partial charge in [0.15, 0.2) is 0 Å². The molecule has 0 N–H and O–H groups in total. The predicted octanol–water partition coefficient (Wildman–Crippen LogP) is 4.05. The molecule has 112 valence electrons. The van der Waals surface area contributed by atoms with Crippen LogP contribution in [-0.4, -0.2) is 31.6 Å². The minimum Gasteiger partial charge on any atom is -0.497 e. The molecule has 22 heavy (non-hydrogen) atoms. The van der Waals surface area contributed by atoms with Crippen LogP contribution in [0, 0.1) is 0 Å². The van der Waals surface area contributed by atoms with Crippen molar-refractivity contribution < 1.29 is 9.47 Å². The second kappa shape index (κ2) is 5.18. The molecular weight excluding hydrogens is 274 g/mol. The Morgan fingerprint density at radius 1 is 1.00 bits per heavy atom. The molecule has 0 bridgehead atoms. The van der Waals surface area contributed by atoms with Gasteiger partial charge in [-0.3, -0.25) is 4.90 Å². The number of nitrogens with zero attached hydrogens (tertiary/aromatic N) is 1. The second-order valence-corrected chi connectivity index (χ2v) is 5.72. The van der Waals surface area contributed by atoms with Crippen LogP contribution in [0.5, 0.6) is 17.2 Å². The fourth-order valence-corrected chi connectivity index (χ4v) is 3.30. The highest BCUT2D eigenvalue weighted by Gasteiger charge is 2.29. The van der Waals surface area contributed by atoms with Gasteiger partial charge < -0.3 is 9.47 Å². The van der Waals surface area contributed by atoms with Crippen LogP contribution in [-0.2, 0) is 0 Å². The number of benzene rings is 2. The zero-order chi connectivity index (χ0) is 15.1. The zero-order valence-corrected chi connectivity index (χ0v) is 12.9. The van der Waals surface area contributed by atoms with Crippen molar-refractivity contribution >= 4 is 11.1 Å². The largest absolute Gasteiger partial charge is 0.497 e. The molecule has 0 aliphatic carbocycles. The summed E-state index contributed by atoms with van der Waals surface area (Å²) in [7, 11) is 1.70. The summed E-state index contributed by atoms with van der Waals surface area (Å²) in [5.41, 5.74) is 5.11. The van der Waals surface area contributed by atoms with Gasteiger partial charge in [0.25, 0.3) is 0 Å². The van der Waals surface area contributed by atoms with Crippen LogP contribution < -0.4 is 9.47 Å². The summed E-state index contributed by atoms with van der Waals surface area (Å²) in [6.45, 7) is 5.20. The SMILES string of the molecule is CCN1CC2=C(C1)c1cc(OC)ccc1Oc1ccccc12. The second-order valence-electron chi connectivity index (χ2n) is 5.72. The van der Waals surface area contributed by atoms with E-state index < -0.39 is 0 Å². The van der Waals surface area contributed by atoms with Crippen molar-refractivity contribution in [3.63, 3.8) is 0 Å². The number of ether oxygens (including phenoxy) is 2. The lowest BCUT2D eigenvalue weighted by Gasteiger charge is -2.16. The van der Waals surface area contributed by atoms with Crippen molar-refractivity contribution in [2.75, 3.05) is 26.7 Å². The van der Waals surface area contributed by atoms with Crippen molar-refractivity contribution in [1.29, 1.82) is 0 Å². The summed E-state index contributed by atoms with van der Waals surface area (Å²) in [6, 6.07) is 14.4. The summed E-state index contributed by atoms with van der Waals surface area (Å²) >= 11 is 0. The molecule has 2 heterocycles. The molecule has 0 unspecified atom stereocenters. The normalized spacial score (nSPS) is 16.5. The van der Waals surface area contributed by atoms with Crippen molar-refractivity contribution in [1.82, 2.24) is 4.90 Å². The standard InChI is InChI=1S/C19H19NO2/c1-3-20-11-16-14-6-4-5-7-18(14)22-19-9-8-13(21-2)10-15(19)17(16)12-20/h4-10H,3,11-12H2,1-2H3. The number of para-hydroxylation sites is 1. The lowest BCUT2D eigenvalue weighted by atomic mass is 9.97. The van der Waals surface area contributed by atoms with Gasteiger partial charge in [-0.25, -0.2) is 0 Å². The highest BCUT2D eigenvalue weighted by atomic mass is 16.5. The molecule has 0 fully saturated rings. The van der Waals surface area contributed by atoms with E-state index in [1.165, 1.54) is 16.7 Å². The molecule has 0 amide bonds. The number of fused-ring (bicyclic) bond motifs is 4. The monoisotopic (exact) mass is 293 g/mol. The highest BCUT2D eigenvalue weighted by molar-refractivity contribution is 5.98. The Labute approximate surface area is 130 Å². The average molecular weight is 293 g/mol. The van der Waals surface area contributed by atoms with Crippen molar-refractivity contribution in [3.05, 3.63) is 53.6 Å². The first-order valence-electron chi connectivity index (χ1n) is 7.70. The third-order valence-electron chi connectivity index (χ3n) is 4.52. The molecule has 0 saturated carbocycles. The number of hydrogen-bond acceptors (Lipinski definition) is 3. The van der Waals surface area contributed by atoms with E-state index in [1.54, 1.807) is 7.11 Å². The van der Waals surface area contributed by atoms with E-state index in [2.05, 4.69) is 30.0 Å². The molecule has 3 heteroatoms. The Hall–Kier alpha value is -2.26. The molecule has 2 aromatic carbocycles. The first kappa shape index (κ1) is 13.4. The number of rotatable bonds is 2. The maximum absolute atomic E-state index is 6.19. The third-order valence-corrected chi connectivity index (χ3v) is 4.52. The van der Waals surface area contributed by atoms with Crippen LogP contribution in [0.3, 0.4) is 0 Å². The molecule has 2 aliphatic heterocycles. The van der Waals surface area contributed by atoms with E-state index in [0.29, 0.717) is 0 Å². The molecule has 0 aromatic heterocycles. The Kier molecular flexibility index (Phi) is 3.16. The van der Waals surface area contributed by atoms with Gasteiger partial charge in [-0.15, -0.1) is 0 Å². The van der Waals surface area contributed by atoms with Crippen LogP contribution >= 0.6 is 0 Å². The zero-order valence-electron chi connectivity index (χ0n) is 12.9. The first-order chi connectivity index (χ1) is 10.8. The maximum atomic E-state index is 6.19.